The number of rotatable bonds is 4. The summed E-state index contributed by atoms with van der Waals surface area (Å²) < 4.78 is 41.3. The molecule has 112 valence electrons. The highest BCUT2D eigenvalue weighted by Crippen LogP contribution is 2.22. The van der Waals surface area contributed by atoms with Crippen molar-refractivity contribution >= 4 is 21.7 Å². The van der Waals surface area contributed by atoms with Gasteiger partial charge in [0.15, 0.2) is 0 Å². The number of carbonyl (C=O) groups is 1. The van der Waals surface area contributed by atoms with E-state index in [1.165, 1.54) is 42.9 Å². The average molecular weight is 312 g/mol. The fourth-order valence-electron chi connectivity index (χ4n) is 1.82. The maximum atomic E-state index is 13.4. The molecule has 0 spiro atoms. The number of nitrogens with one attached hydrogen (secondary N) is 1. The van der Waals surface area contributed by atoms with Crippen LogP contribution in [0.4, 0.5) is 10.1 Å². The minimum atomic E-state index is -3.99. The molecule has 2 aromatic rings. The van der Waals surface area contributed by atoms with E-state index >= 15 is 0 Å². The first-order valence-electron chi connectivity index (χ1n) is 5.90. The van der Waals surface area contributed by atoms with Gasteiger partial charge in [0.25, 0.3) is 10.0 Å². The van der Waals surface area contributed by atoms with E-state index in [0.29, 0.717) is 0 Å². The zero-order valence-electron chi connectivity index (χ0n) is 11.3. The third kappa shape index (κ3) is 2.89. The van der Waals surface area contributed by atoms with Crippen LogP contribution in [0.15, 0.2) is 35.4 Å². The number of nitrogens with zero attached hydrogens (tertiary/aromatic N) is 1. The molecule has 0 saturated carbocycles. The van der Waals surface area contributed by atoms with Crippen LogP contribution < -0.4 is 4.72 Å². The van der Waals surface area contributed by atoms with Gasteiger partial charge in [-0.1, -0.05) is 6.07 Å². The van der Waals surface area contributed by atoms with Crippen molar-refractivity contribution < 1.29 is 22.7 Å². The van der Waals surface area contributed by atoms with E-state index in [1.807, 2.05) is 0 Å². The van der Waals surface area contributed by atoms with Crippen molar-refractivity contribution in [2.24, 2.45) is 7.05 Å². The molecule has 0 radical (unpaired) electrons. The Bertz CT molecular complexity index is 812. The molecule has 8 heteroatoms. The van der Waals surface area contributed by atoms with Crippen LogP contribution in [0.25, 0.3) is 0 Å². The van der Waals surface area contributed by atoms with Crippen LogP contribution in [0.5, 0.6) is 0 Å². The summed E-state index contributed by atoms with van der Waals surface area (Å²) >= 11 is 0. The minimum Gasteiger partial charge on any atom is -0.477 e. The lowest BCUT2D eigenvalue weighted by Crippen LogP contribution is -2.13. The smallest absolute Gasteiger partial charge is 0.352 e. The van der Waals surface area contributed by atoms with Gasteiger partial charge >= 0.3 is 5.97 Å². The molecule has 0 aliphatic carbocycles. The van der Waals surface area contributed by atoms with Crippen LogP contribution in [0, 0.1) is 12.7 Å². The standard InChI is InChI=1S/C13H13FN2O4S/c1-8-10(14)4-3-5-11(8)15-21(19,20)9-6-12(13(17)18)16(2)7-9/h3-7,15H,1-2H3,(H,17,18). The second-order valence-corrected chi connectivity index (χ2v) is 6.18. The van der Waals surface area contributed by atoms with Crippen molar-refractivity contribution in [3.63, 3.8) is 0 Å². The van der Waals surface area contributed by atoms with Crippen LogP contribution in [-0.2, 0) is 17.1 Å². The van der Waals surface area contributed by atoms with Crippen LogP contribution in [0.3, 0.4) is 0 Å². The number of sulfonamides is 1. The number of benzene rings is 1. The number of hydrogen-bond acceptors (Lipinski definition) is 3. The Morgan fingerprint density at radius 2 is 2.05 bits per heavy atom. The van der Waals surface area contributed by atoms with Crippen LogP contribution in [-0.4, -0.2) is 24.1 Å². The molecule has 1 heterocycles. The molecule has 1 aromatic carbocycles. The molecular weight excluding hydrogens is 299 g/mol. The van der Waals surface area contributed by atoms with E-state index < -0.39 is 21.8 Å². The van der Waals surface area contributed by atoms with Gasteiger partial charge in [-0.25, -0.2) is 17.6 Å². The summed E-state index contributed by atoms with van der Waals surface area (Å²) in [6.07, 6.45) is 1.18. The Kier molecular flexibility index (Phi) is 3.73. The second-order valence-electron chi connectivity index (χ2n) is 4.49. The Hall–Kier alpha value is -2.35. The van der Waals surface area contributed by atoms with E-state index in [1.54, 1.807) is 0 Å². The van der Waals surface area contributed by atoms with E-state index in [2.05, 4.69) is 4.72 Å². The highest BCUT2D eigenvalue weighted by molar-refractivity contribution is 7.92. The van der Waals surface area contributed by atoms with Gasteiger partial charge < -0.3 is 9.67 Å². The van der Waals surface area contributed by atoms with Crippen molar-refractivity contribution in [1.29, 1.82) is 0 Å². The number of anilines is 1. The number of aryl methyl sites for hydroxylation is 1. The van der Waals surface area contributed by atoms with E-state index in [9.17, 15) is 17.6 Å². The van der Waals surface area contributed by atoms with E-state index in [0.717, 1.165) is 6.07 Å². The van der Waals surface area contributed by atoms with E-state index in [-0.39, 0.29) is 21.8 Å². The summed E-state index contributed by atoms with van der Waals surface area (Å²) in [5.74, 6) is -1.77. The fraction of sp³-hybridized carbons (Fsp3) is 0.154. The molecule has 0 aliphatic heterocycles. The number of hydrogen-bond donors (Lipinski definition) is 2. The van der Waals surface area contributed by atoms with Crippen molar-refractivity contribution in [1.82, 2.24) is 4.57 Å². The molecule has 0 amide bonds. The zero-order chi connectivity index (χ0) is 15.8. The summed E-state index contributed by atoms with van der Waals surface area (Å²) in [6, 6.07) is 5.07. The highest BCUT2D eigenvalue weighted by atomic mass is 32.2. The number of carboxylic acid groups (broad SMARTS) is 1. The molecule has 2 rings (SSSR count). The van der Waals surface area contributed by atoms with Crippen molar-refractivity contribution in [3.05, 3.63) is 47.5 Å². The van der Waals surface area contributed by atoms with Gasteiger partial charge in [0.05, 0.1) is 5.69 Å². The number of carboxylic acids is 1. The maximum absolute atomic E-state index is 13.4. The zero-order valence-corrected chi connectivity index (χ0v) is 12.1. The molecule has 2 N–H and O–H groups in total. The van der Waals surface area contributed by atoms with Gasteiger partial charge in [0, 0.05) is 18.8 Å². The lowest BCUT2D eigenvalue weighted by Gasteiger charge is -2.09. The first kappa shape index (κ1) is 15.0. The Morgan fingerprint density at radius 3 is 2.62 bits per heavy atom. The summed E-state index contributed by atoms with van der Waals surface area (Å²) in [4.78, 5) is 10.7. The molecule has 0 bridgehead atoms. The molecule has 0 fully saturated rings. The first-order chi connectivity index (χ1) is 9.72. The van der Waals surface area contributed by atoms with Gasteiger partial charge in [0.2, 0.25) is 0 Å². The van der Waals surface area contributed by atoms with Gasteiger partial charge in [-0.05, 0) is 25.1 Å². The van der Waals surface area contributed by atoms with Gasteiger partial charge in [0.1, 0.15) is 16.4 Å². The van der Waals surface area contributed by atoms with Crippen LogP contribution >= 0.6 is 0 Å². The number of halogens is 1. The Morgan fingerprint density at radius 1 is 1.38 bits per heavy atom. The quantitative estimate of drug-likeness (QED) is 0.903. The van der Waals surface area contributed by atoms with Crippen molar-refractivity contribution in [2.75, 3.05) is 4.72 Å². The van der Waals surface area contributed by atoms with Gasteiger partial charge in [-0.15, -0.1) is 0 Å². The normalized spacial score (nSPS) is 11.4. The van der Waals surface area contributed by atoms with Crippen LogP contribution in [0.1, 0.15) is 16.1 Å². The molecule has 0 unspecified atom stereocenters. The summed E-state index contributed by atoms with van der Waals surface area (Å²) in [6.45, 7) is 1.45. The highest BCUT2D eigenvalue weighted by Gasteiger charge is 2.21. The molecule has 1 aromatic heterocycles. The van der Waals surface area contributed by atoms with Crippen molar-refractivity contribution in [2.45, 2.75) is 11.8 Å². The molecular formula is C13H13FN2O4S. The average Bonchev–Trinajstić information content (AvgIpc) is 2.78. The molecule has 21 heavy (non-hydrogen) atoms. The number of aromatic carboxylic acids is 1. The summed E-state index contributed by atoms with van der Waals surface area (Å²) in [7, 11) is -2.56. The van der Waals surface area contributed by atoms with Gasteiger partial charge in [-0.3, -0.25) is 4.72 Å². The summed E-state index contributed by atoms with van der Waals surface area (Å²) in [5.41, 5.74) is 0.109. The molecule has 6 nitrogen and oxygen atoms in total. The fourth-order valence-corrected chi connectivity index (χ4v) is 3.01. The SMILES string of the molecule is Cc1c(F)cccc1NS(=O)(=O)c1cc(C(=O)O)n(C)c1. The lowest BCUT2D eigenvalue weighted by atomic mass is 10.2. The number of aromatic nitrogens is 1. The molecule has 0 atom stereocenters. The summed E-state index contributed by atoms with van der Waals surface area (Å²) in [5, 5.41) is 8.93. The monoisotopic (exact) mass is 312 g/mol. The lowest BCUT2D eigenvalue weighted by molar-refractivity contribution is 0.0686. The second kappa shape index (κ2) is 5.21. The minimum absolute atomic E-state index is 0.107. The topological polar surface area (TPSA) is 88.4 Å². The van der Waals surface area contributed by atoms with Gasteiger partial charge in [-0.2, -0.15) is 0 Å². The first-order valence-corrected chi connectivity index (χ1v) is 7.38. The largest absolute Gasteiger partial charge is 0.477 e. The van der Waals surface area contributed by atoms with E-state index in [4.69, 9.17) is 5.11 Å². The Labute approximate surface area is 120 Å². The predicted octanol–water partition coefficient (Wildman–Crippen LogP) is 1.97. The maximum Gasteiger partial charge on any atom is 0.352 e. The van der Waals surface area contributed by atoms with Crippen molar-refractivity contribution in [3.8, 4) is 0 Å². The molecule has 0 saturated heterocycles. The predicted molar refractivity (Wildman–Crippen MR) is 74.3 cm³/mol. The molecule has 0 aliphatic rings. The third-order valence-corrected chi connectivity index (χ3v) is 4.35. The Balaban J connectivity index is 2.41. The third-order valence-electron chi connectivity index (χ3n) is 3.02. The van der Waals surface area contributed by atoms with Crippen LogP contribution in [0.2, 0.25) is 0 Å².